The summed E-state index contributed by atoms with van der Waals surface area (Å²) < 4.78 is 77.6. The lowest BCUT2D eigenvalue weighted by atomic mass is 10.0. The van der Waals surface area contributed by atoms with E-state index in [2.05, 4.69) is 15.6 Å². The lowest BCUT2D eigenvalue weighted by Crippen LogP contribution is -2.25. The van der Waals surface area contributed by atoms with E-state index in [1.54, 1.807) is 29.6 Å². The monoisotopic (exact) mass is 487 g/mol. The molecule has 12 heteroatoms. The van der Waals surface area contributed by atoms with Gasteiger partial charge in [-0.15, -0.1) is 11.3 Å². The minimum absolute atomic E-state index is 0.0279. The van der Waals surface area contributed by atoms with Crippen molar-refractivity contribution in [1.29, 1.82) is 0 Å². The predicted molar refractivity (Wildman–Crippen MR) is 109 cm³/mol. The molecule has 5 nitrogen and oxygen atoms in total. The summed E-state index contributed by atoms with van der Waals surface area (Å²) in [5, 5.41) is 6.53. The maximum Gasteiger partial charge on any atom is 0.416 e. The van der Waals surface area contributed by atoms with Crippen LogP contribution in [0.25, 0.3) is 0 Å². The van der Waals surface area contributed by atoms with Crippen molar-refractivity contribution in [2.75, 3.05) is 5.32 Å². The molecule has 3 rings (SSSR count). The van der Waals surface area contributed by atoms with Crippen molar-refractivity contribution in [3.63, 3.8) is 0 Å². The van der Waals surface area contributed by atoms with Gasteiger partial charge in [-0.25, -0.2) is 4.98 Å². The summed E-state index contributed by atoms with van der Waals surface area (Å²) in [5.74, 6) is -0.999. The summed E-state index contributed by atoms with van der Waals surface area (Å²) >= 11 is 1.27. The molecule has 0 aliphatic heterocycles. The molecule has 0 saturated heterocycles. The van der Waals surface area contributed by atoms with Crippen LogP contribution >= 0.6 is 11.3 Å². The van der Waals surface area contributed by atoms with Crippen LogP contribution in [0.2, 0.25) is 0 Å². The fraction of sp³-hybridized carbons (Fsp3) is 0.190. The Kier molecular flexibility index (Phi) is 7.06. The van der Waals surface area contributed by atoms with Crippen molar-refractivity contribution in [3.05, 3.63) is 81.3 Å². The van der Waals surface area contributed by atoms with Gasteiger partial charge in [0.1, 0.15) is 5.69 Å². The molecule has 0 saturated carbocycles. The molecule has 0 spiro atoms. The number of hydrogen-bond acceptors (Lipinski definition) is 4. The summed E-state index contributed by atoms with van der Waals surface area (Å²) in [6, 6.07) is 7.37. The van der Waals surface area contributed by atoms with E-state index in [0.717, 1.165) is 0 Å². The molecule has 0 atom stereocenters. The number of carbonyl (C=O) groups excluding carboxylic acids is 2. The number of aromatic nitrogens is 1. The zero-order chi connectivity index (χ0) is 24.2. The summed E-state index contributed by atoms with van der Waals surface area (Å²) in [6.45, 7) is -0.506. The lowest BCUT2D eigenvalue weighted by molar-refractivity contribution is -0.143. The van der Waals surface area contributed by atoms with E-state index in [1.807, 2.05) is 0 Å². The standard InChI is InChI=1S/C21H15F6N3O2S/c22-20(23,24)14-5-13(6-15(8-14)21(25,26)27)9-28-18(31)7-12-1-3-16(4-2-12)30-19(32)17-10-33-11-29-17/h1-6,8,10-11H,7,9H2,(H,28,31)(H,30,32). The first-order chi connectivity index (χ1) is 15.4. The number of benzene rings is 2. The maximum absolute atomic E-state index is 12.9. The highest BCUT2D eigenvalue weighted by Crippen LogP contribution is 2.36. The highest BCUT2D eigenvalue weighted by Gasteiger charge is 2.36. The van der Waals surface area contributed by atoms with Crippen LogP contribution < -0.4 is 10.6 Å². The van der Waals surface area contributed by atoms with Gasteiger partial charge >= 0.3 is 12.4 Å². The largest absolute Gasteiger partial charge is 0.416 e. The first-order valence-corrected chi connectivity index (χ1v) is 10.2. The molecule has 0 aliphatic rings. The van der Waals surface area contributed by atoms with Gasteiger partial charge in [0, 0.05) is 17.6 Å². The number of halogens is 6. The SMILES string of the molecule is O=C(Cc1ccc(NC(=O)c2cscn2)cc1)NCc1cc(C(F)(F)F)cc(C(F)(F)F)c1. The Morgan fingerprint density at radius 2 is 1.48 bits per heavy atom. The summed E-state index contributed by atoms with van der Waals surface area (Å²) in [7, 11) is 0. The summed E-state index contributed by atoms with van der Waals surface area (Å²) in [6.07, 6.45) is -10.1. The van der Waals surface area contributed by atoms with Gasteiger partial charge in [0.2, 0.25) is 5.91 Å². The van der Waals surface area contributed by atoms with E-state index in [9.17, 15) is 35.9 Å². The third-order valence-corrected chi connectivity index (χ3v) is 4.97. The Balaban J connectivity index is 1.60. The van der Waals surface area contributed by atoms with Crippen LogP contribution in [-0.2, 0) is 30.1 Å². The molecular weight excluding hydrogens is 472 g/mol. The van der Waals surface area contributed by atoms with Crippen molar-refractivity contribution in [1.82, 2.24) is 10.3 Å². The number of nitrogens with zero attached hydrogens (tertiary/aromatic N) is 1. The molecule has 0 bridgehead atoms. The molecule has 33 heavy (non-hydrogen) atoms. The topological polar surface area (TPSA) is 71.1 Å². The van der Waals surface area contributed by atoms with Gasteiger partial charge in [0.05, 0.1) is 23.1 Å². The van der Waals surface area contributed by atoms with Crippen molar-refractivity contribution < 1.29 is 35.9 Å². The minimum atomic E-state index is -4.96. The van der Waals surface area contributed by atoms with Gasteiger partial charge in [-0.05, 0) is 41.5 Å². The average Bonchev–Trinajstić information content (AvgIpc) is 3.27. The van der Waals surface area contributed by atoms with Crippen molar-refractivity contribution in [3.8, 4) is 0 Å². The number of anilines is 1. The molecule has 0 aliphatic carbocycles. The first-order valence-electron chi connectivity index (χ1n) is 9.25. The van der Waals surface area contributed by atoms with Crippen LogP contribution in [0.1, 0.15) is 32.7 Å². The number of carbonyl (C=O) groups is 2. The van der Waals surface area contributed by atoms with Gasteiger partial charge in [-0.3, -0.25) is 9.59 Å². The van der Waals surface area contributed by atoms with Crippen LogP contribution in [0.4, 0.5) is 32.0 Å². The Morgan fingerprint density at radius 3 is 2.00 bits per heavy atom. The Morgan fingerprint density at radius 1 is 0.879 bits per heavy atom. The Bertz CT molecular complexity index is 1090. The summed E-state index contributed by atoms with van der Waals surface area (Å²) in [4.78, 5) is 28.0. The average molecular weight is 487 g/mol. The zero-order valence-electron chi connectivity index (χ0n) is 16.6. The van der Waals surface area contributed by atoms with Crippen molar-refractivity contribution in [2.45, 2.75) is 25.3 Å². The zero-order valence-corrected chi connectivity index (χ0v) is 17.4. The van der Waals surface area contributed by atoms with Crippen LogP contribution in [0.3, 0.4) is 0 Å². The highest BCUT2D eigenvalue weighted by atomic mass is 32.1. The second-order valence-electron chi connectivity index (χ2n) is 6.89. The molecule has 2 N–H and O–H groups in total. The van der Waals surface area contributed by atoms with Gasteiger partial charge in [-0.1, -0.05) is 12.1 Å². The third-order valence-electron chi connectivity index (χ3n) is 4.38. The second-order valence-corrected chi connectivity index (χ2v) is 7.61. The number of hydrogen-bond donors (Lipinski definition) is 2. The molecule has 2 aromatic carbocycles. The minimum Gasteiger partial charge on any atom is -0.352 e. The van der Waals surface area contributed by atoms with Crippen LogP contribution in [0.5, 0.6) is 0 Å². The Hall–Kier alpha value is -3.41. The van der Waals surface area contributed by atoms with E-state index < -0.39 is 41.8 Å². The normalized spacial score (nSPS) is 11.8. The van der Waals surface area contributed by atoms with Gasteiger partial charge in [0.15, 0.2) is 0 Å². The van der Waals surface area contributed by atoms with E-state index in [1.165, 1.54) is 16.8 Å². The number of thiazole rings is 1. The molecule has 174 valence electrons. The van der Waals surface area contributed by atoms with Gasteiger partial charge in [-0.2, -0.15) is 26.3 Å². The van der Waals surface area contributed by atoms with Gasteiger partial charge in [0.25, 0.3) is 5.91 Å². The van der Waals surface area contributed by atoms with E-state index in [-0.39, 0.29) is 23.7 Å². The fourth-order valence-corrected chi connectivity index (χ4v) is 3.33. The number of alkyl halides is 6. The second kappa shape index (κ2) is 9.61. The van der Waals surface area contributed by atoms with Crippen LogP contribution in [0.15, 0.2) is 53.4 Å². The fourth-order valence-electron chi connectivity index (χ4n) is 2.80. The smallest absolute Gasteiger partial charge is 0.352 e. The molecule has 0 fully saturated rings. The van der Waals surface area contributed by atoms with Crippen molar-refractivity contribution >= 4 is 28.8 Å². The highest BCUT2D eigenvalue weighted by molar-refractivity contribution is 7.07. The molecule has 1 heterocycles. The first kappa shape index (κ1) is 24.2. The van der Waals surface area contributed by atoms with E-state index in [0.29, 0.717) is 23.4 Å². The number of amides is 2. The quantitative estimate of drug-likeness (QED) is 0.464. The number of nitrogens with one attached hydrogen (secondary N) is 2. The van der Waals surface area contributed by atoms with E-state index >= 15 is 0 Å². The molecule has 1 aromatic heterocycles. The van der Waals surface area contributed by atoms with Crippen LogP contribution in [0, 0.1) is 0 Å². The molecule has 3 aromatic rings. The van der Waals surface area contributed by atoms with Crippen molar-refractivity contribution in [2.24, 2.45) is 0 Å². The van der Waals surface area contributed by atoms with Gasteiger partial charge < -0.3 is 10.6 Å². The molecular formula is C21H15F6N3O2S. The summed E-state index contributed by atoms with van der Waals surface area (Å²) in [5.41, 5.74) is -0.467. The third kappa shape index (κ3) is 6.78. The molecule has 0 unspecified atom stereocenters. The maximum atomic E-state index is 12.9. The lowest BCUT2D eigenvalue weighted by Gasteiger charge is -2.14. The number of rotatable bonds is 6. The molecule has 2 amide bonds. The predicted octanol–water partition coefficient (Wildman–Crippen LogP) is 5.29. The van der Waals surface area contributed by atoms with E-state index in [4.69, 9.17) is 0 Å². The Labute approximate surface area is 187 Å². The molecule has 0 radical (unpaired) electrons. The van der Waals surface area contributed by atoms with Crippen LogP contribution in [-0.4, -0.2) is 16.8 Å².